The van der Waals surface area contributed by atoms with Crippen LogP contribution in [0.4, 0.5) is 0 Å². The third kappa shape index (κ3) is 2.58. The summed E-state index contributed by atoms with van der Waals surface area (Å²) in [5.41, 5.74) is 0.514. The largest absolute Gasteiger partial charge is 0.354 e. The van der Waals surface area contributed by atoms with Crippen molar-refractivity contribution in [3.8, 4) is 0 Å². The van der Waals surface area contributed by atoms with Crippen LogP contribution >= 0.6 is 11.8 Å². The minimum Gasteiger partial charge on any atom is -0.354 e. The van der Waals surface area contributed by atoms with Crippen molar-refractivity contribution in [3.63, 3.8) is 0 Å². The van der Waals surface area contributed by atoms with E-state index in [1.807, 2.05) is 6.26 Å². The lowest BCUT2D eigenvalue weighted by Gasteiger charge is -2.11. The quantitative estimate of drug-likeness (QED) is 0.764. The molecule has 2 amide bonds. The Bertz CT molecular complexity index is 450. The first kappa shape index (κ1) is 11.9. The number of thioether (sulfide) groups is 1. The van der Waals surface area contributed by atoms with Crippen LogP contribution in [0.3, 0.4) is 0 Å². The van der Waals surface area contributed by atoms with Crippen molar-refractivity contribution in [2.24, 2.45) is 0 Å². The number of carbonyl (C=O) groups is 2. The summed E-state index contributed by atoms with van der Waals surface area (Å²) >= 11 is 1.41. The maximum atomic E-state index is 12.0. The van der Waals surface area contributed by atoms with E-state index >= 15 is 0 Å². The van der Waals surface area contributed by atoms with Gasteiger partial charge in [-0.05, 0) is 24.8 Å². The molecule has 0 spiro atoms. The maximum Gasteiger partial charge on any atom is 0.254 e. The SMILES string of the molecule is CSc1ncccc1C(=O)NC1CCNC1=O. The minimum atomic E-state index is -0.419. The van der Waals surface area contributed by atoms with E-state index in [1.165, 1.54) is 11.8 Å². The molecule has 0 aromatic carbocycles. The summed E-state index contributed by atoms with van der Waals surface area (Å²) < 4.78 is 0. The molecule has 2 N–H and O–H groups in total. The van der Waals surface area contributed by atoms with E-state index in [0.29, 0.717) is 23.6 Å². The van der Waals surface area contributed by atoms with Gasteiger partial charge >= 0.3 is 0 Å². The molecule has 2 rings (SSSR count). The average molecular weight is 251 g/mol. The summed E-state index contributed by atoms with van der Waals surface area (Å²) in [6, 6.07) is 3.00. The molecule has 1 atom stereocenters. The number of nitrogens with zero attached hydrogens (tertiary/aromatic N) is 1. The van der Waals surface area contributed by atoms with Gasteiger partial charge in [-0.15, -0.1) is 11.8 Å². The molecule has 1 aliphatic rings. The molecule has 0 radical (unpaired) electrons. The van der Waals surface area contributed by atoms with E-state index in [1.54, 1.807) is 18.3 Å². The molecular formula is C11H13N3O2S. The monoisotopic (exact) mass is 251 g/mol. The van der Waals surface area contributed by atoms with Gasteiger partial charge in [0.2, 0.25) is 5.91 Å². The van der Waals surface area contributed by atoms with E-state index in [9.17, 15) is 9.59 Å². The summed E-state index contributed by atoms with van der Waals surface area (Å²) in [7, 11) is 0. The highest BCUT2D eigenvalue weighted by atomic mass is 32.2. The van der Waals surface area contributed by atoms with Crippen LogP contribution in [0.5, 0.6) is 0 Å². The van der Waals surface area contributed by atoms with E-state index in [4.69, 9.17) is 0 Å². The molecule has 17 heavy (non-hydrogen) atoms. The number of hydrogen-bond donors (Lipinski definition) is 2. The molecule has 1 fully saturated rings. The molecule has 0 saturated carbocycles. The summed E-state index contributed by atoms with van der Waals surface area (Å²) in [6.45, 7) is 0.617. The number of pyridine rings is 1. The van der Waals surface area contributed by atoms with Gasteiger partial charge in [0.1, 0.15) is 11.1 Å². The number of rotatable bonds is 3. The van der Waals surface area contributed by atoms with E-state index in [0.717, 1.165) is 0 Å². The highest BCUT2D eigenvalue weighted by molar-refractivity contribution is 7.98. The van der Waals surface area contributed by atoms with Crippen molar-refractivity contribution >= 4 is 23.6 Å². The van der Waals surface area contributed by atoms with Crippen molar-refractivity contribution in [3.05, 3.63) is 23.9 Å². The Hall–Kier alpha value is -1.56. The highest BCUT2D eigenvalue weighted by Gasteiger charge is 2.26. The summed E-state index contributed by atoms with van der Waals surface area (Å²) in [5.74, 6) is -0.363. The molecule has 1 aliphatic heterocycles. The van der Waals surface area contributed by atoms with Gasteiger partial charge in [-0.1, -0.05) is 0 Å². The lowest BCUT2D eigenvalue weighted by atomic mass is 10.2. The first-order valence-corrected chi connectivity index (χ1v) is 6.52. The number of hydrogen-bond acceptors (Lipinski definition) is 4. The lowest BCUT2D eigenvalue weighted by Crippen LogP contribution is -2.40. The Kier molecular flexibility index (Phi) is 3.63. The standard InChI is InChI=1S/C11H13N3O2S/c1-17-11-7(3-2-5-13-11)9(15)14-8-4-6-12-10(8)16/h2-3,5,8H,4,6H2,1H3,(H,12,16)(H,14,15). The number of amides is 2. The summed E-state index contributed by atoms with van der Waals surface area (Å²) in [5, 5.41) is 6.07. The summed E-state index contributed by atoms with van der Waals surface area (Å²) in [4.78, 5) is 27.4. The van der Waals surface area contributed by atoms with Crippen molar-refractivity contribution in [2.75, 3.05) is 12.8 Å². The Morgan fingerprint density at radius 2 is 2.47 bits per heavy atom. The maximum absolute atomic E-state index is 12.0. The highest BCUT2D eigenvalue weighted by Crippen LogP contribution is 2.17. The number of nitrogens with one attached hydrogen (secondary N) is 2. The smallest absolute Gasteiger partial charge is 0.254 e. The Morgan fingerprint density at radius 1 is 1.65 bits per heavy atom. The molecule has 1 aromatic heterocycles. The zero-order chi connectivity index (χ0) is 12.3. The topological polar surface area (TPSA) is 71.1 Å². The normalized spacial score (nSPS) is 18.9. The molecule has 1 unspecified atom stereocenters. The first-order valence-electron chi connectivity index (χ1n) is 5.30. The molecule has 1 aromatic rings. The summed E-state index contributed by atoms with van der Waals surface area (Å²) in [6.07, 6.45) is 4.14. The van der Waals surface area contributed by atoms with Gasteiger partial charge in [0, 0.05) is 12.7 Å². The predicted octanol–water partition coefficient (Wildman–Crippen LogP) is 0.422. The van der Waals surface area contributed by atoms with Crippen LogP contribution in [0.1, 0.15) is 16.8 Å². The van der Waals surface area contributed by atoms with Gasteiger partial charge < -0.3 is 10.6 Å². The zero-order valence-corrected chi connectivity index (χ0v) is 10.2. The van der Waals surface area contributed by atoms with Gasteiger partial charge in [-0.3, -0.25) is 9.59 Å². The predicted molar refractivity (Wildman–Crippen MR) is 64.9 cm³/mol. The Labute approximate surface area is 103 Å². The van der Waals surface area contributed by atoms with Gasteiger partial charge in [0.05, 0.1) is 5.56 Å². The van der Waals surface area contributed by atoms with Gasteiger partial charge in [0.15, 0.2) is 0 Å². The molecule has 5 nitrogen and oxygen atoms in total. The Morgan fingerprint density at radius 3 is 3.12 bits per heavy atom. The van der Waals surface area contributed by atoms with E-state index in [-0.39, 0.29) is 11.8 Å². The van der Waals surface area contributed by atoms with Gasteiger partial charge in [-0.2, -0.15) is 0 Å². The van der Waals surface area contributed by atoms with Gasteiger partial charge in [-0.25, -0.2) is 4.98 Å². The van der Waals surface area contributed by atoms with Crippen molar-refractivity contribution in [1.82, 2.24) is 15.6 Å². The van der Waals surface area contributed by atoms with E-state index < -0.39 is 6.04 Å². The molecule has 90 valence electrons. The molecular weight excluding hydrogens is 238 g/mol. The van der Waals surface area contributed by atoms with Crippen molar-refractivity contribution in [1.29, 1.82) is 0 Å². The lowest BCUT2D eigenvalue weighted by molar-refractivity contribution is -0.120. The van der Waals surface area contributed by atoms with Crippen LogP contribution in [0.2, 0.25) is 0 Å². The fourth-order valence-corrected chi connectivity index (χ4v) is 2.24. The molecule has 2 heterocycles. The van der Waals surface area contributed by atoms with Crippen LogP contribution in [0.25, 0.3) is 0 Å². The second-order valence-corrected chi connectivity index (χ2v) is 4.46. The Balaban J connectivity index is 2.11. The van der Waals surface area contributed by atoms with Gasteiger partial charge in [0.25, 0.3) is 5.91 Å². The van der Waals surface area contributed by atoms with Crippen LogP contribution in [-0.2, 0) is 4.79 Å². The van der Waals surface area contributed by atoms with Crippen molar-refractivity contribution < 1.29 is 9.59 Å². The van der Waals surface area contributed by atoms with Crippen LogP contribution in [-0.4, -0.2) is 35.6 Å². The molecule has 0 bridgehead atoms. The van der Waals surface area contributed by atoms with Crippen LogP contribution in [0.15, 0.2) is 23.4 Å². The zero-order valence-electron chi connectivity index (χ0n) is 9.40. The van der Waals surface area contributed by atoms with E-state index in [2.05, 4.69) is 15.6 Å². The number of aromatic nitrogens is 1. The molecule has 6 heteroatoms. The minimum absolute atomic E-state index is 0.118. The fraction of sp³-hybridized carbons (Fsp3) is 0.364. The van der Waals surface area contributed by atoms with Crippen LogP contribution in [0, 0.1) is 0 Å². The first-order chi connectivity index (χ1) is 8.22. The molecule has 0 aliphatic carbocycles. The van der Waals surface area contributed by atoms with Crippen molar-refractivity contribution in [2.45, 2.75) is 17.5 Å². The molecule has 1 saturated heterocycles. The fourth-order valence-electron chi connectivity index (χ4n) is 1.69. The van der Waals surface area contributed by atoms with Crippen LogP contribution < -0.4 is 10.6 Å². The third-order valence-electron chi connectivity index (χ3n) is 2.56. The average Bonchev–Trinajstić information content (AvgIpc) is 2.75. The second kappa shape index (κ2) is 5.18. The second-order valence-electron chi connectivity index (χ2n) is 3.67. The number of carbonyl (C=O) groups excluding carboxylic acids is 2. The third-order valence-corrected chi connectivity index (χ3v) is 3.28.